The van der Waals surface area contributed by atoms with E-state index in [9.17, 15) is 19.2 Å². The van der Waals surface area contributed by atoms with Crippen molar-refractivity contribution in [1.29, 1.82) is 0 Å². The third kappa shape index (κ3) is 9.56. The van der Waals surface area contributed by atoms with Crippen molar-refractivity contribution in [2.75, 3.05) is 6.61 Å². The molecule has 0 aliphatic rings. The molecule has 3 N–H and O–H groups in total. The molecule has 1 aromatic carbocycles. The summed E-state index contributed by atoms with van der Waals surface area (Å²) in [4.78, 5) is 46.5. The summed E-state index contributed by atoms with van der Waals surface area (Å²) in [5.74, 6) is -1.43. The van der Waals surface area contributed by atoms with E-state index in [1.807, 2.05) is 0 Å². The molecular formula is C19H27N3O6. The lowest BCUT2D eigenvalue weighted by molar-refractivity contribution is -0.123. The maximum absolute atomic E-state index is 12.0. The van der Waals surface area contributed by atoms with E-state index in [0.29, 0.717) is 0 Å². The summed E-state index contributed by atoms with van der Waals surface area (Å²) in [6, 6.07) is 5.53. The van der Waals surface area contributed by atoms with Crippen molar-refractivity contribution < 1.29 is 28.7 Å². The van der Waals surface area contributed by atoms with Gasteiger partial charge in [-0.3, -0.25) is 10.1 Å². The number of nitrogens with one attached hydrogen (secondary N) is 3. The highest BCUT2D eigenvalue weighted by molar-refractivity contribution is 5.97. The van der Waals surface area contributed by atoms with Gasteiger partial charge in [0.05, 0.1) is 5.56 Å². The van der Waals surface area contributed by atoms with Crippen LogP contribution in [-0.4, -0.2) is 42.3 Å². The van der Waals surface area contributed by atoms with Crippen molar-refractivity contribution in [1.82, 2.24) is 16.0 Å². The molecule has 0 aliphatic carbocycles. The molecule has 0 saturated heterocycles. The Bertz CT molecular complexity index is 707. The first-order valence-corrected chi connectivity index (χ1v) is 8.79. The molecule has 0 bridgehead atoms. The second-order valence-electron chi connectivity index (χ2n) is 7.30. The summed E-state index contributed by atoms with van der Waals surface area (Å²) >= 11 is 0. The number of esters is 1. The fourth-order valence-electron chi connectivity index (χ4n) is 1.92. The Morgan fingerprint density at radius 2 is 1.64 bits per heavy atom. The number of urea groups is 1. The summed E-state index contributed by atoms with van der Waals surface area (Å²) < 4.78 is 10.0. The number of carbonyl (C=O) groups excluding carboxylic acids is 4. The zero-order chi connectivity index (χ0) is 21.3. The Morgan fingerprint density at radius 1 is 1.04 bits per heavy atom. The molecule has 0 saturated carbocycles. The van der Waals surface area contributed by atoms with E-state index in [2.05, 4.69) is 16.0 Å². The van der Waals surface area contributed by atoms with E-state index in [-0.39, 0.29) is 18.2 Å². The summed E-state index contributed by atoms with van der Waals surface area (Å²) in [7, 11) is 0. The van der Waals surface area contributed by atoms with Crippen LogP contribution in [0.4, 0.5) is 9.59 Å². The van der Waals surface area contributed by atoms with Gasteiger partial charge in [-0.05, 0) is 52.3 Å². The van der Waals surface area contributed by atoms with E-state index >= 15 is 0 Å². The lowest BCUT2D eigenvalue weighted by atomic mass is 10.1. The third-order valence-corrected chi connectivity index (χ3v) is 3.03. The van der Waals surface area contributed by atoms with Gasteiger partial charge in [-0.2, -0.15) is 0 Å². The smallest absolute Gasteiger partial charge is 0.407 e. The van der Waals surface area contributed by atoms with Crippen LogP contribution in [0.2, 0.25) is 0 Å². The van der Waals surface area contributed by atoms with Gasteiger partial charge in [0.1, 0.15) is 5.60 Å². The predicted molar refractivity (Wildman–Crippen MR) is 102 cm³/mol. The predicted octanol–water partition coefficient (Wildman–Crippen LogP) is 2.10. The number of benzene rings is 1. The molecule has 1 aromatic rings. The molecular weight excluding hydrogens is 366 g/mol. The van der Waals surface area contributed by atoms with E-state index < -0.39 is 36.2 Å². The van der Waals surface area contributed by atoms with E-state index in [4.69, 9.17) is 9.47 Å². The van der Waals surface area contributed by atoms with Gasteiger partial charge in [0.25, 0.3) is 5.91 Å². The SMILES string of the molecule is CC(C)NC(=O)NC(=O)COC(=O)c1ccc(CNC(=O)OC(C)(C)C)cc1. The topological polar surface area (TPSA) is 123 Å². The summed E-state index contributed by atoms with van der Waals surface area (Å²) in [6.07, 6.45) is -0.538. The maximum atomic E-state index is 12.0. The molecule has 0 fully saturated rings. The van der Waals surface area contributed by atoms with Gasteiger partial charge in [0.15, 0.2) is 6.61 Å². The Hall–Kier alpha value is -3.10. The average Bonchev–Trinajstić information content (AvgIpc) is 2.56. The Kier molecular flexibility index (Phi) is 8.43. The van der Waals surface area contributed by atoms with Crippen LogP contribution in [0.1, 0.15) is 50.5 Å². The number of alkyl carbamates (subject to hydrolysis) is 1. The molecule has 0 aromatic heterocycles. The minimum absolute atomic E-state index is 0.126. The Morgan fingerprint density at radius 3 is 2.18 bits per heavy atom. The lowest BCUT2D eigenvalue weighted by Gasteiger charge is -2.19. The van der Waals surface area contributed by atoms with Crippen LogP contribution in [0, 0.1) is 0 Å². The number of imide groups is 1. The van der Waals surface area contributed by atoms with E-state index in [1.54, 1.807) is 46.8 Å². The van der Waals surface area contributed by atoms with Crippen molar-refractivity contribution in [3.05, 3.63) is 35.4 Å². The number of carbonyl (C=O) groups is 4. The van der Waals surface area contributed by atoms with Crippen LogP contribution in [0.5, 0.6) is 0 Å². The molecule has 0 heterocycles. The summed E-state index contributed by atoms with van der Waals surface area (Å²) in [6.45, 7) is 8.45. The van der Waals surface area contributed by atoms with Crippen molar-refractivity contribution in [3.8, 4) is 0 Å². The van der Waals surface area contributed by atoms with Gasteiger partial charge < -0.3 is 20.1 Å². The molecule has 154 valence electrons. The first kappa shape index (κ1) is 22.9. The zero-order valence-corrected chi connectivity index (χ0v) is 16.8. The van der Waals surface area contributed by atoms with Crippen molar-refractivity contribution in [2.45, 2.75) is 52.8 Å². The highest BCUT2D eigenvalue weighted by Gasteiger charge is 2.16. The normalized spacial score (nSPS) is 10.8. The molecule has 0 unspecified atom stereocenters. The summed E-state index contributed by atoms with van der Waals surface area (Å²) in [5, 5.41) is 7.14. The third-order valence-electron chi connectivity index (χ3n) is 3.03. The van der Waals surface area contributed by atoms with Gasteiger partial charge in [-0.1, -0.05) is 12.1 Å². The fourth-order valence-corrected chi connectivity index (χ4v) is 1.92. The highest BCUT2D eigenvalue weighted by atomic mass is 16.6. The molecule has 0 radical (unpaired) electrons. The maximum Gasteiger partial charge on any atom is 0.407 e. The Balaban J connectivity index is 2.44. The quantitative estimate of drug-likeness (QED) is 0.636. The van der Waals surface area contributed by atoms with Crippen LogP contribution < -0.4 is 16.0 Å². The number of ether oxygens (including phenoxy) is 2. The molecule has 0 atom stereocenters. The van der Waals surface area contributed by atoms with Gasteiger partial charge in [0.2, 0.25) is 0 Å². The number of rotatable bonds is 6. The van der Waals surface area contributed by atoms with E-state index in [0.717, 1.165) is 5.56 Å². The van der Waals surface area contributed by atoms with Crippen molar-refractivity contribution >= 4 is 24.0 Å². The van der Waals surface area contributed by atoms with Gasteiger partial charge in [-0.25, -0.2) is 14.4 Å². The molecule has 9 nitrogen and oxygen atoms in total. The van der Waals surface area contributed by atoms with E-state index in [1.165, 1.54) is 12.1 Å². The van der Waals surface area contributed by atoms with Crippen LogP contribution in [-0.2, 0) is 20.8 Å². The highest BCUT2D eigenvalue weighted by Crippen LogP contribution is 2.08. The molecule has 28 heavy (non-hydrogen) atoms. The summed E-state index contributed by atoms with van der Waals surface area (Å²) in [5.41, 5.74) is 0.408. The minimum atomic E-state index is -0.732. The largest absolute Gasteiger partial charge is 0.452 e. The molecule has 1 rings (SSSR count). The fraction of sp³-hybridized carbons (Fsp3) is 0.474. The first-order valence-electron chi connectivity index (χ1n) is 8.79. The van der Waals surface area contributed by atoms with Crippen molar-refractivity contribution in [2.24, 2.45) is 0 Å². The second-order valence-corrected chi connectivity index (χ2v) is 7.30. The van der Waals surface area contributed by atoms with Crippen molar-refractivity contribution in [3.63, 3.8) is 0 Å². The standard InChI is InChI=1S/C19H27N3O6/c1-12(2)21-17(25)22-15(23)11-27-16(24)14-8-6-13(7-9-14)10-20-18(26)28-19(3,4)5/h6-9,12H,10-11H2,1-5H3,(H,20,26)(H2,21,22,23,25). The minimum Gasteiger partial charge on any atom is -0.452 e. The first-order chi connectivity index (χ1) is 13.0. The number of amides is 4. The molecule has 0 spiro atoms. The number of hydrogen-bond donors (Lipinski definition) is 3. The van der Waals surface area contributed by atoms with Crippen LogP contribution in [0.15, 0.2) is 24.3 Å². The van der Waals surface area contributed by atoms with Gasteiger partial charge in [-0.15, -0.1) is 0 Å². The molecule has 4 amide bonds. The van der Waals surface area contributed by atoms with Crippen LogP contribution in [0.25, 0.3) is 0 Å². The molecule has 9 heteroatoms. The lowest BCUT2D eigenvalue weighted by Crippen LogP contribution is -2.44. The molecule has 0 aliphatic heterocycles. The van der Waals surface area contributed by atoms with Gasteiger partial charge >= 0.3 is 18.1 Å². The average molecular weight is 393 g/mol. The number of hydrogen-bond acceptors (Lipinski definition) is 6. The van der Waals surface area contributed by atoms with Gasteiger partial charge in [0, 0.05) is 12.6 Å². The zero-order valence-electron chi connectivity index (χ0n) is 16.8. The van der Waals surface area contributed by atoms with Crippen LogP contribution in [0.3, 0.4) is 0 Å². The van der Waals surface area contributed by atoms with Crippen LogP contribution >= 0.6 is 0 Å². The second kappa shape index (κ2) is 10.3. The Labute approximate surface area is 164 Å². The monoisotopic (exact) mass is 393 g/mol.